The van der Waals surface area contributed by atoms with E-state index in [1.54, 1.807) is 0 Å². The molecule has 2 aromatic rings. The number of nitrogens with one attached hydrogen (secondary N) is 1. The lowest BCUT2D eigenvalue weighted by Crippen LogP contribution is -2.15. The predicted octanol–water partition coefficient (Wildman–Crippen LogP) is 4.58. The van der Waals surface area contributed by atoms with Crippen LogP contribution in [0.5, 0.6) is 0 Å². The average molecular weight is 386 g/mol. The minimum Gasteiger partial charge on any atom is -0.481 e. The molecule has 22 heavy (non-hydrogen) atoms. The summed E-state index contributed by atoms with van der Waals surface area (Å²) < 4.78 is 0.892. The number of carboxylic acid groups (broad SMARTS) is 1. The molecule has 0 bridgehead atoms. The second kappa shape index (κ2) is 7.79. The van der Waals surface area contributed by atoms with E-state index in [0.717, 1.165) is 35.1 Å². The number of H-pyrrole nitrogens is 1. The number of aromatic amines is 1. The molecule has 6 heteroatoms. The van der Waals surface area contributed by atoms with Crippen LogP contribution in [-0.4, -0.2) is 21.0 Å². The first-order chi connectivity index (χ1) is 10.5. The minimum atomic E-state index is -0.914. The van der Waals surface area contributed by atoms with E-state index in [9.17, 15) is 9.90 Å². The van der Waals surface area contributed by atoms with Crippen molar-refractivity contribution in [3.8, 4) is 0 Å². The summed E-state index contributed by atoms with van der Waals surface area (Å²) >= 11 is 9.60. The van der Waals surface area contributed by atoms with Gasteiger partial charge in [-0.25, -0.2) is 4.98 Å². The fraction of sp³-hybridized carbons (Fsp3) is 0.375. The highest BCUT2D eigenvalue weighted by Gasteiger charge is 2.26. The zero-order valence-electron chi connectivity index (χ0n) is 12.3. The van der Waals surface area contributed by atoms with E-state index in [1.165, 1.54) is 0 Å². The molecular formula is C16H18BrClN2O2. The first kappa shape index (κ1) is 17.0. The Balaban J connectivity index is 2.27. The summed E-state index contributed by atoms with van der Waals surface area (Å²) in [5.41, 5.74) is 1.41. The number of nitrogens with zero attached hydrogens (tertiary/aromatic N) is 1. The van der Waals surface area contributed by atoms with Crippen LogP contribution in [0.2, 0.25) is 5.15 Å². The van der Waals surface area contributed by atoms with Crippen molar-refractivity contribution >= 4 is 33.5 Å². The van der Waals surface area contributed by atoms with Crippen molar-refractivity contribution in [1.82, 2.24) is 9.97 Å². The van der Waals surface area contributed by atoms with Crippen LogP contribution >= 0.6 is 27.5 Å². The summed E-state index contributed by atoms with van der Waals surface area (Å²) in [6, 6.07) is 7.59. The molecule has 0 radical (unpaired) electrons. The molecule has 118 valence electrons. The number of aromatic nitrogens is 2. The van der Waals surface area contributed by atoms with Gasteiger partial charge in [-0.2, -0.15) is 0 Å². The number of hydrogen-bond acceptors (Lipinski definition) is 2. The highest BCUT2D eigenvalue weighted by atomic mass is 79.9. The van der Waals surface area contributed by atoms with Gasteiger partial charge in [-0.05, 0) is 24.5 Å². The van der Waals surface area contributed by atoms with Crippen molar-refractivity contribution in [3.63, 3.8) is 0 Å². The summed E-state index contributed by atoms with van der Waals surface area (Å²) in [7, 11) is 0. The number of imidazole rings is 1. The van der Waals surface area contributed by atoms with E-state index in [-0.39, 0.29) is 5.15 Å². The van der Waals surface area contributed by atoms with Crippen molar-refractivity contribution in [2.24, 2.45) is 0 Å². The molecule has 0 amide bonds. The third kappa shape index (κ3) is 4.11. The van der Waals surface area contributed by atoms with Crippen molar-refractivity contribution in [2.75, 3.05) is 0 Å². The molecular weight excluding hydrogens is 368 g/mol. The highest BCUT2D eigenvalue weighted by molar-refractivity contribution is 9.10. The van der Waals surface area contributed by atoms with E-state index in [0.29, 0.717) is 12.1 Å². The number of halogens is 2. The highest BCUT2D eigenvalue weighted by Crippen LogP contribution is 2.29. The molecule has 4 nitrogen and oxygen atoms in total. The van der Waals surface area contributed by atoms with Gasteiger partial charge in [0, 0.05) is 10.9 Å². The summed E-state index contributed by atoms with van der Waals surface area (Å²) in [6.07, 6.45) is 3.17. The first-order valence-electron chi connectivity index (χ1n) is 7.23. The minimum absolute atomic E-state index is 0.255. The smallest absolute Gasteiger partial charge is 0.312 e. The average Bonchev–Trinajstić information content (AvgIpc) is 2.84. The molecule has 0 fully saturated rings. The Morgan fingerprint density at radius 3 is 2.82 bits per heavy atom. The van der Waals surface area contributed by atoms with E-state index < -0.39 is 11.9 Å². The standard InChI is InChI=1S/C16H18BrClN2O2/c1-2-3-8-13-19-14(15(18)20-13)11(16(21)22)9-10-6-4-5-7-12(10)17/h4-7,11H,2-3,8-9H2,1H3,(H,19,20)(H,21,22). The number of rotatable bonds is 7. The van der Waals surface area contributed by atoms with Gasteiger partial charge >= 0.3 is 5.97 Å². The van der Waals surface area contributed by atoms with E-state index >= 15 is 0 Å². The van der Waals surface area contributed by atoms with Crippen LogP contribution in [0.1, 0.15) is 42.8 Å². The molecule has 0 saturated carbocycles. The van der Waals surface area contributed by atoms with E-state index in [4.69, 9.17) is 11.6 Å². The number of carbonyl (C=O) groups is 1. The third-order valence-electron chi connectivity index (χ3n) is 3.53. The van der Waals surface area contributed by atoms with E-state index in [2.05, 4.69) is 32.8 Å². The molecule has 0 saturated heterocycles. The zero-order chi connectivity index (χ0) is 16.1. The third-order valence-corrected chi connectivity index (χ3v) is 4.59. The zero-order valence-corrected chi connectivity index (χ0v) is 14.6. The molecule has 1 aromatic heterocycles. The number of benzene rings is 1. The second-order valence-corrected chi connectivity index (χ2v) is 6.39. The van der Waals surface area contributed by atoms with Gasteiger partial charge in [-0.3, -0.25) is 4.79 Å². The van der Waals surface area contributed by atoms with Crippen LogP contribution in [-0.2, 0) is 17.6 Å². The van der Waals surface area contributed by atoms with Crippen LogP contribution in [0, 0.1) is 0 Å². The summed E-state index contributed by atoms with van der Waals surface area (Å²) in [4.78, 5) is 19.0. The maximum Gasteiger partial charge on any atom is 0.312 e. The predicted molar refractivity (Wildman–Crippen MR) is 90.4 cm³/mol. The monoisotopic (exact) mass is 384 g/mol. The number of carboxylic acids is 1. The number of aliphatic carboxylic acids is 1. The van der Waals surface area contributed by atoms with Crippen molar-refractivity contribution in [3.05, 3.63) is 51.0 Å². The largest absolute Gasteiger partial charge is 0.481 e. The Labute approximate surface area is 143 Å². The van der Waals surface area contributed by atoms with Gasteiger partial charge in [0.2, 0.25) is 0 Å². The second-order valence-electron chi connectivity index (χ2n) is 5.18. The lowest BCUT2D eigenvalue weighted by Gasteiger charge is -2.12. The van der Waals surface area contributed by atoms with Gasteiger partial charge in [-0.1, -0.05) is 59.1 Å². The molecule has 2 rings (SSSR count). The molecule has 1 unspecified atom stereocenters. The Morgan fingerprint density at radius 2 is 2.18 bits per heavy atom. The fourth-order valence-corrected chi connectivity index (χ4v) is 3.03. The molecule has 0 aliphatic rings. The normalized spacial score (nSPS) is 12.3. The van der Waals surface area contributed by atoms with E-state index in [1.807, 2.05) is 24.3 Å². The maximum atomic E-state index is 11.7. The van der Waals surface area contributed by atoms with Crippen LogP contribution in [0.4, 0.5) is 0 Å². The van der Waals surface area contributed by atoms with Gasteiger partial charge in [0.25, 0.3) is 0 Å². The lowest BCUT2D eigenvalue weighted by atomic mass is 9.97. The maximum absolute atomic E-state index is 11.7. The van der Waals surface area contributed by atoms with Gasteiger partial charge in [0.05, 0.1) is 5.69 Å². The van der Waals surface area contributed by atoms with Crippen LogP contribution in [0.25, 0.3) is 0 Å². The molecule has 0 aliphatic carbocycles. The van der Waals surface area contributed by atoms with Crippen LogP contribution in [0.3, 0.4) is 0 Å². The Morgan fingerprint density at radius 1 is 1.45 bits per heavy atom. The molecule has 0 spiro atoms. The van der Waals surface area contributed by atoms with Crippen LogP contribution in [0.15, 0.2) is 28.7 Å². The summed E-state index contributed by atoms with van der Waals surface area (Å²) in [5.74, 6) is -0.905. The fourth-order valence-electron chi connectivity index (χ4n) is 2.30. The molecule has 2 N–H and O–H groups in total. The SMILES string of the molecule is CCCCc1nc(Cl)c(C(Cc2ccccc2Br)C(=O)O)[nH]1. The number of aryl methyl sites for hydroxylation is 1. The topological polar surface area (TPSA) is 66.0 Å². The summed E-state index contributed by atoms with van der Waals surface area (Å²) in [6.45, 7) is 2.10. The van der Waals surface area contributed by atoms with Crippen molar-refractivity contribution < 1.29 is 9.90 Å². The van der Waals surface area contributed by atoms with Gasteiger partial charge in [0.15, 0.2) is 5.15 Å². The summed E-state index contributed by atoms with van der Waals surface area (Å²) in [5, 5.41) is 9.82. The van der Waals surface area contributed by atoms with Gasteiger partial charge in [0.1, 0.15) is 11.7 Å². The van der Waals surface area contributed by atoms with Crippen LogP contribution < -0.4 is 0 Å². The molecule has 1 aromatic carbocycles. The molecule has 1 heterocycles. The number of unbranched alkanes of at least 4 members (excludes halogenated alkanes) is 1. The Hall–Kier alpha value is -1.33. The lowest BCUT2D eigenvalue weighted by molar-refractivity contribution is -0.138. The van der Waals surface area contributed by atoms with Crippen molar-refractivity contribution in [1.29, 1.82) is 0 Å². The Kier molecular flexibility index (Phi) is 6.03. The molecule has 1 atom stereocenters. The Bertz CT molecular complexity index is 657. The van der Waals surface area contributed by atoms with Crippen molar-refractivity contribution in [2.45, 2.75) is 38.5 Å². The van der Waals surface area contributed by atoms with Gasteiger partial charge < -0.3 is 10.1 Å². The first-order valence-corrected chi connectivity index (χ1v) is 8.40. The number of hydrogen-bond donors (Lipinski definition) is 2. The quantitative estimate of drug-likeness (QED) is 0.733. The van der Waals surface area contributed by atoms with Gasteiger partial charge in [-0.15, -0.1) is 0 Å². The molecule has 0 aliphatic heterocycles.